The molecule has 0 spiro atoms. The van der Waals surface area contributed by atoms with E-state index in [0.717, 1.165) is 23.7 Å². The summed E-state index contributed by atoms with van der Waals surface area (Å²) in [6.07, 6.45) is 0.822. The summed E-state index contributed by atoms with van der Waals surface area (Å²) >= 11 is 1.02. The first kappa shape index (κ1) is 23.2. The summed E-state index contributed by atoms with van der Waals surface area (Å²) in [6, 6.07) is 9.21. The fourth-order valence-electron chi connectivity index (χ4n) is 2.77. The lowest BCUT2D eigenvalue weighted by Crippen LogP contribution is -2.30. The van der Waals surface area contributed by atoms with Gasteiger partial charge in [0.2, 0.25) is 10.0 Å². The second-order valence-electron chi connectivity index (χ2n) is 6.71. The Hall–Kier alpha value is -3.43. The van der Waals surface area contributed by atoms with Gasteiger partial charge >= 0.3 is 0 Å². The van der Waals surface area contributed by atoms with Crippen molar-refractivity contribution in [1.82, 2.24) is 9.71 Å². The molecule has 0 bridgehead atoms. The third-order valence-electron chi connectivity index (χ3n) is 4.24. The van der Waals surface area contributed by atoms with E-state index in [1.807, 2.05) is 10.8 Å². The zero-order chi connectivity index (χ0) is 23.6. The number of halogens is 3. The molecule has 1 amide bonds. The number of sulfonamides is 1. The summed E-state index contributed by atoms with van der Waals surface area (Å²) in [4.78, 5) is 18.3. The molecule has 3 rings (SSSR count). The van der Waals surface area contributed by atoms with E-state index in [4.69, 9.17) is 5.26 Å². The lowest BCUT2D eigenvalue weighted by molar-refractivity contribution is 0.0977. The number of hydrogen-bond acceptors (Lipinski definition) is 7. The number of nitrogens with zero attached hydrogens (tertiary/aromatic N) is 3. The minimum atomic E-state index is -3.83. The molecule has 0 unspecified atom stereocenters. The minimum Gasteiger partial charge on any atom is -0.313 e. The SMILES string of the molecule is Cc1sc(N(Cc2cc(F)c(F)cc2F)c2ccc(C#N)cc2)nc1C(=O)NS(C)(=O)=O. The molecule has 0 saturated heterocycles. The molecule has 0 radical (unpaired) electrons. The third kappa shape index (κ3) is 5.24. The van der Waals surface area contributed by atoms with Gasteiger partial charge in [0.25, 0.3) is 5.91 Å². The van der Waals surface area contributed by atoms with Crippen molar-refractivity contribution in [2.45, 2.75) is 13.5 Å². The van der Waals surface area contributed by atoms with Crippen LogP contribution in [0.5, 0.6) is 0 Å². The fraction of sp³-hybridized carbons (Fsp3) is 0.150. The average Bonchev–Trinajstić information content (AvgIpc) is 3.10. The van der Waals surface area contributed by atoms with Crippen molar-refractivity contribution in [3.63, 3.8) is 0 Å². The Morgan fingerprint density at radius 2 is 1.78 bits per heavy atom. The number of rotatable bonds is 6. The molecule has 2 aromatic carbocycles. The first-order valence-corrected chi connectivity index (χ1v) is 11.6. The van der Waals surface area contributed by atoms with Gasteiger partial charge < -0.3 is 4.90 Å². The van der Waals surface area contributed by atoms with E-state index in [0.29, 0.717) is 22.2 Å². The first-order valence-electron chi connectivity index (χ1n) is 8.89. The zero-order valence-electron chi connectivity index (χ0n) is 16.7. The summed E-state index contributed by atoms with van der Waals surface area (Å²) in [5, 5.41) is 9.19. The van der Waals surface area contributed by atoms with Crippen molar-refractivity contribution in [3.05, 3.63) is 75.5 Å². The van der Waals surface area contributed by atoms with Crippen LogP contribution < -0.4 is 9.62 Å². The average molecular weight is 480 g/mol. The van der Waals surface area contributed by atoms with Crippen molar-refractivity contribution >= 4 is 38.1 Å². The van der Waals surface area contributed by atoms with Crippen LogP contribution in [0, 0.1) is 35.7 Å². The number of amides is 1. The zero-order valence-corrected chi connectivity index (χ0v) is 18.3. The van der Waals surface area contributed by atoms with Gasteiger partial charge in [-0.25, -0.2) is 31.3 Å². The van der Waals surface area contributed by atoms with E-state index >= 15 is 0 Å². The molecule has 1 heterocycles. The van der Waals surface area contributed by atoms with Gasteiger partial charge in [-0.2, -0.15) is 5.26 Å². The molecule has 0 saturated carbocycles. The van der Waals surface area contributed by atoms with Gasteiger partial charge in [-0.3, -0.25) is 4.79 Å². The van der Waals surface area contributed by atoms with Crippen LogP contribution in [-0.2, 0) is 16.6 Å². The standard InChI is InChI=1S/C20H15F3N4O3S2/c1-11-18(19(28)26-32(2,29)30)25-20(31-11)27(14-5-3-12(9-24)4-6-14)10-13-7-16(22)17(23)8-15(13)21/h3-8H,10H2,1-2H3,(H,26,28). The molecule has 1 aromatic heterocycles. The molecule has 3 aromatic rings. The number of nitriles is 1. The Morgan fingerprint density at radius 1 is 1.16 bits per heavy atom. The maximum atomic E-state index is 14.3. The van der Waals surface area contributed by atoms with Gasteiger partial charge in [-0.05, 0) is 37.3 Å². The minimum absolute atomic E-state index is 0.153. The predicted molar refractivity (Wildman–Crippen MR) is 112 cm³/mol. The normalized spacial score (nSPS) is 11.1. The maximum absolute atomic E-state index is 14.3. The van der Waals surface area contributed by atoms with E-state index in [1.54, 1.807) is 19.1 Å². The van der Waals surface area contributed by atoms with Crippen LogP contribution in [0.3, 0.4) is 0 Å². The van der Waals surface area contributed by atoms with Crippen molar-refractivity contribution in [1.29, 1.82) is 5.26 Å². The van der Waals surface area contributed by atoms with Crippen LogP contribution in [0.4, 0.5) is 24.0 Å². The molecule has 0 atom stereocenters. The lowest BCUT2D eigenvalue weighted by Gasteiger charge is -2.22. The molecule has 32 heavy (non-hydrogen) atoms. The number of anilines is 2. The van der Waals surface area contributed by atoms with E-state index in [2.05, 4.69) is 4.98 Å². The third-order valence-corrected chi connectivity index (χ3v) is 5.79. The van der Waals surface area contributed by atoms with Crippen molar-refractivity contribution < 1.29 is 26.4 Å². The maximum Gasteiger partial charge on any atom is 0.284 e. The Balaban J connectivity index is 2.07. The number of aromatic nitrogens is 1. The molecular weight excluding hydrogens is 465 g/mol. The Labute approximate surface area is 185 Å². The molecule has 7 nitrogen and oxygen atoms in total. The molecule has 12 heteroatoms. The summed E-state index contributed by atoms with van der Waals surface area (Å²) in [7, 11) is -3.83. The van der Waals surface area contributed by atoms with Crippen LogP contribution in [0.1, 0.15) is 26.5 Å². The molecule has 0 aliphatic carbocycles. The number of nitrogens with one attached hydrogen (secondary N) is 1. The van der Waals surface area contributed by atoms with E-state index in [9.17, 15) is 26.4 Å². The molecule has 166 valence electrons. The van der Waals surface area contributed by atoms with E-state index in [1.165, 1.54) is 17.0 Å². The molecule has 1 N–H and O–H groups in total. The van der Waals surface area contributed by atoms with Crippen LogP contribution in [0.2, 0.25) is 0 Å². The van der Waals surface area contributed by atoms with Gasteiger partial charge in [-0.1, -0.05) is 0 Å². The number of benzene rings is 2. The van der Waals surface area contributed by atoms with Gasteiger partial charge in [-0.15, -0.1) is 11.3 Å². The highest BCUT2D eigenvalue weighted by Crippen LogP contribution is 2.34. The second-order valence-corrected chi connectivity index (χ2v) is 9.64. The van der Waals surface area contributed by atoms with Crippen molar-refractivity contribution in [2.24, 2.45) is 0 Å². The Morgan fingerprint density at radius 3 is 2.38 bits per heavy atom. The Kier molecular flexibility index (Phi) is 6.52. The largest absolute Gasteiger partial charge is 0.313 e. The van der Waals surface area contributed by atoms with Crippen LogP contribution in [0.15, 0.2) is 36.4 Å². The summed E-state index contributed by atoms with van der Waals surface area (Å²) < 4.78 is 66.0. The summed E-state index contributed by atoms with van der Waals surface area (Å²) in [6.45, 7) is 1.27. The van der Waals surface area contributed by atoms with E-state index in [-0.39, 0.29) is 22.9 Å². The number of carbonyl (C=O) groups excluding carboxylic acids is 1. The second kappa shape index (κ2) is 8.97. The van der Waals surface area contributed by atoms with Gasteiger partial charge in [0.15, 0.2) is 16.8 Å². The summed E-state index contributed by atoms with van der Waals surface area (Å²) in [5.74, 6) is -4.48. The fourth-order valence-corrected chi connectivity index (χ4v) is 4.13. The van der Waals surface area contributed by atoms with E-state index < -0.39 is 33.4 Å². The van der Waals surface area contributed by atoms with Crippen LogP contribution in [-0.4, -0.2) is 25.6 Å². The van der Waals surface area contributed by atoms with Crippen LogP contribution in [0.25, 0.3) is 0 Å². The lowest BCUT2D eigenvalue weighted by atomic mass is 10.1. The quantitative estimate of drug-likeness (QED) is 0.539. The molecule has 0 aliphatic rings. The highest BCUT2D eigenvalue weighted by atomic mass is 32.2. The highest BCUT2D eigenvalue weighted by Gasteiger charge is 2.23. The topological polar surface area (TPSA) is 103 Å². The number of aryl methyl sites for hydroxylation is 1. The summed E-state index contributed by atoms with van der Waals surface area (Å²) in [5.41, 5.74) is 0.455. The van der Waals surface area contributed by atoms with Gasteiger partial charge in [0.05, 0.1) is 24.4 Å². The number of thiazole rings is 1. The van der Waals surface area contributed by atoms with Gasteiger partial charge in [0, 0.05) is 22.2 Å². The number of hydrogen-bond donors (Lipinski definition) is 1. The number of carbonyl (C=O) groups is 1. The molecule has 0 aliphatic heterocycles. The van der Waals surface area contributed by atoms with Crippen molar-refractivity contribution in [2.75, 3.05) is 11.2 Å². The van der Waals surface area contributed by atoms with Crippen molar-refractivity contribution in [3.8, 4) is 6.07 Å². The van der Waals surface area contributed by atoms with Gasteiger partial charge in [0.1, 0.15) is 11.5 Å². The smallest absolute Gasteiger partial charge is 0.284 e. The Bertz CT molecular complexity index is 1330. The van der Waals surface area contributed by atoms with Crippen LogP contribution >= 0.6 is 11.3 Å². The highest BCUT2D eigenvalue weighted by molar-refractivity contribution is 7.89. The predicted octanol–water partition coefficient (Wildman–Crippen LogP) is 3.77. The monoisotopic (exact) mass is 480 g/mol. The molecule has 0 fully saturated rings. The molecular formula is C20H15F3N4O3S2. The first-order chi connectivity index (χ1) is 15.0.